The fourth-order valence-electron chi connectivity index (χ4n) is 5.17. The van der Waals surface area contributed by atoms with Crippen LogP contribution in [0.3, 0.4) is 0 Å². The van der Waals surface area contributed by atoms with Crippen LogP contribution in [0.1, 0.15) is 133 Å². The molecule has 1 aromatic rings. The zero-order chi connectivity index (χ0) is 38.9. The van der Waals surface area contributed by atoms with Gasteiger partial charge in [-0.05, 0) is 50.7 Å². The highest BCUT2D eigenvalue weighted by Gasteiger charge is 2.20. The van der Waals surface area contributed by atoms with Gasteiger partial charge in [0.25, 0.3) is 36.3 Å². The predicted octanol–water partition coefficient (Wildman–Crippen LogP) is 5.83. The maximum Gasteiger partial charge on any atom is 0.264 e. The minimum atomic E-state index is -4.27. The van der Waals surface area contributed by atoms with Gasteiger partial charge in [0.15, 0.2) is 11.5 Å². The molecule has 0 aliphatic heterocycles. The lowest BCUT2D eigenvalue weighted by molar-refractivity contribution is -0.119. The third kappa shape index (κ3) is 26.3. The Balaban J connectivity index is 2.70. The van der Waals surface area contributed by atoms with E-state index < -0.39 is 53.5 Å². The summed E-state index contributed by atoms with van der Waals surface area (Å²) in [6, 6.07) is 2.66. The summed E-state index contributed by atoms with van der Waals surface area (Å²) in [5, 5.41) is 2.84. The summed E-state index contributed by atoms with van der Waals surface area (Å²) in [6.07, 6.45) is 14.8. The Morgan fingerprint density at radius 3 is 1.37 bits per heavy atom. The standard InChI is InChI=1S/C34H59NO14S3/c1-2-3-18-30(36)19-13-11-9-7-5-4-6-8-10-12-14-20-35-34(37)29-27-31(47-21-15-24-50(38,39)40)33(49-23-17-26-52(44,45)46)32(28-29)48-22-16-25-51(41,42)43/h27-28H,2-26H2,1H3,(H,35,37)(H,38,39,40)(H,41,42,43)(H,44,45,46). The second-order valence-corrected chi connectivity index (χ2v) is 17.5. The topological polar surface area (TPSA) is 237 Å². The fourth-order valence-corrected chi connectivity index (χ4v) is 6.62. The average molecular weight is 802 g/mol. The molecule has 52 heavy (non-hydrogen) atoms. The van der Waals surface area contributed by atoms with Crippen LogP contribution < -0.4 is 19.5 Å². The Labute approximate surface area is 310 Å². The lowest BCUT2D eigenvalue weighted by Crippen LogP contribution is -2.24. The number of carbonyl (C=O) groups is 2. The molecule has 0 aliphatic carbocycles. The zero-order valence-corrected chi connectivity index (χ0v) is 32.8. The fraction of sp³-hybridized carbons (Fsp3) is 0.765. The molecule has 0 saturated carbocycles. The number of benzene rings is 1. The van der Waals surface area contributed by atoms with Gasteiger partial charge < -0.3 is 19.5 Å². The number of ether oxygens (including phenoxy) is 3. The van der Waals surface area contributed by atoms with Crippen LogP contribution in [0, 0.1) is 0 Å². The molecule has 4 N–H and O–H groups in total. The minimum Gasteiger partial charge on any atom is -0.489 e. The van der Waals surface area contributed by atoms with Crippen LogP contribution >= 0.6 is 0 Å². The van der Waals surface area contributed by atoms with Gasteiger partial charge in [0, 0.05) is 24.9 Å². The van der Waals surface area contributed by atoms with Crippen molar-refractivity contribution in [1.82, 2.24) is 5.32 Å². The van der Waals surface area contributed by atoms with Gasteiger partial charge in [-0.2, -0.15) is 25.3 Å². The van der Waals surface area contributed by atoms with Crippen molar-refractivity contribution >= 4 is 42.0 Å². The Hall–Kier alpha value is -2.51. The van der Waals surface area contributed by atoms with Crippen LogP contribution in [0.2, 0.25) is 0 Å². The van der Waals surface area contributed by atoms with E-state index >= 15 is 0 Å². The molecule has 0 saturated heterocycles. The van der Waals surface area contributed by atoms with Crippen LogP contribution in [0.25, 0.3) is 0 Å². The van der Waals surface area contributed by atoms with E-state index in [0.29, 0.717) is 25.2 Å². The van der Waals surface area contributed by atoms with Crippen LogP contribution in [0.4, 0.5) is 0 Å². The molecule has 0 aromatic heterocycles. The van der Waals surface area contributed by atoms with E-state index in [4.69, 9.17) is 27.9 Å². The monoisotopic (exact) mass is 801 g/mol. The van der Waals surface area contributed by atoms with Crippen LogP contribution in [-0.2, 0) is 35.1 Å². The SMILES string of the molecule is CCCCC(=O)CCCCCCCCCCCCCNC(=O)c1cc(OCCCS(=O)(=O)O)c(OCCCS(=O)(=O)O)c(OCCCS(=O)(=O)O)c1. The van der Waals surface area contributed by atoms with Crippen molar-refractivity contribution in [1.29, 1.82) is 0 Å². The van der Waals surface area contributed by atoms with E-state index in [0.717, 1.165) is 64.2 Å². The summed E-state index contributed by atoms with van der Waals surface area (Å²) in [6.45, 7) is 1.79. The number of ketones is 1. The summed E-state index contributed by atoms with van der Waals surface area (Å²) >= 11 is 0. The predicted molar refractivity (Wildman–Crippen MR) is 198 cm³/mol. The highest BCUT2D eigenvalue weighted by Crippen LogP contribution is 2.39. The van der Waals surface area contributed by atoms with Crippen molar-refractivity contribution in [2.45, 2.75) is 122 Å². The second kappa shape index (κ2) is 26.3. The normalized spacial score (nSPS) is 12.1. The second-order valence-electron chi connectivity index (χ2n) is 12.8. The highest BCUT2D eigenvalue weighted by atomic mass is 32.2. The molecule has 0 spiro atoms. The Kier molecular flexibility index (Phi) is 24.0. The van der Waals surface area contributed by atoms with Gasteiger partial charge in [-0.25, -0.2) is 0 Å². The van der Waals surface area contributed by atoms with Crippen molar-refractivity contribution < 1.29 is 62.7 Å². The lowest BCUT2D eigenvalue weighted by atomic mass is 10.0. The van der Waals surface area contributed by atoms with E-state index in [-0.39, 0.29) is 61.9 Å². The van der Waals surface area contributed by atoms with Crippen molar-refractivity contribution in [3.05, 3.63) is 17.7 Å². The molecular weight excluding hydrogens is 743 g/mol. The van der Waals surface area contributed by atoms with Crippen LogP contribution in [0.5, 0.6) is 17.2 Å². The van der Waals surface area contributed by atoms with Crippen molar-refractivity contribution in [3.8, 4) is 17.2 Å². The maximum absolute atomic E-state index is 13.1. The van der Waals surface area contributed by atoms with Gasteiger partial charge >= 0.3 is 0 Å². The smallest absolute Gasteiger partial charge is 0.264 e. The van der Waals surface area contributed by atoms with Crippen molar-refractivity contribution in [2.75, 3.05) is 43.6 Å². The van der Waals surface area contributed by atoms with Gasteiger partial charge in [-0.3, -0.25) is 23.2 Å². The van der Waals surface area contributed by atoms with E-state index in [2.05, 4.69) is 12.2 Å². The number of unbranched alkanes of at least 4 members (excludes halogenated alkanes) is 11. The molecule has 1 rings (SSSR count). The average Bonchev–Trinajstić information content (AvgIpc) is 3.05. The van der Waals surface area contributed by atoms with Gasteiger partial charge in [0.05, 0.1) is 37.1 Å². The first-order valence-corrected chi connectivity index (χ1v) is 23.1. The first-order valence-electron chi connectivity index (χ1n) is 18.2. The molecule has 1 amide bonds. The molecule has 0 aliphatic rings. The molecule has 1 aromatic carbocycles. The summed E-state index contributed by atoms with van der Waals surface area (Å²) in [7, 11) is -12.8. The first-order chi connectivity index (χ1) is 24.5. The number of nitrogens with one attached hydrogen (secondary N) is 1. The largest absolute Gasteiger partial charge is 0.489 e. The van der Waals surface area contributed by atoms with Crippen molar-refractivity contribution in [3.63, 3.8) is 0 Å². The number of carbonyl (C=O) groups excluding carboxylic acids is 2. The summed E-state index contributed by atoms with van der Waals surface area (Å²) in [5.74, 6) is -2.09. The molecule has 0 heterocycles. The summed E-state index contributed by atoms with van der Waals surface area (Å²) in [5.41, 5.74) is 0.0861. The van der Waals surface area contributed by atoms with Crippen LogP contribution in [0.15, 0.2) is 12.1 Å². The Morgan fingerprint density at radius 2 is 0.942 bits per heavy atom. The molecule has 0 fully saturated rings. The van der Waals surface area contributed by atoms with Gasteiger partial charge in [0.1, 0.15) is 5.78 Å². The van der Waals surface area contributed by atoms with Gasteiger partial charge in [-0.15, -0.1) is 0 Å². The zero-order valence-electron chi connectivity index (χ0n) is 30.4. The van der Waals surface area contributed by atoms with E-state index in [9.17, 15) is 34.8 Å². The number of hydrogen-bond acceptors (Lipinski definition) is 11. The van der Waals surface area contributed by atoms with Gasteiger partial charge in [0.2, 0.25) is 5.75 Å². The number of hydrogen-bond donors (Lipinski definition) is 4. The molecular formula is C34H59NO14S3. The third-order valence-corrected chi connectivity index (χ3v) is 10.3. The van der Waals surface area contributed by atoms with Gasteiger partial charge in [-0.1, -0.05) is 71.1 Å². The van der Waals surface area contributed by atoms with E-state index in [1.807, 2.05) is 0 Å². The van der Waals surface area contributed by atoms with Crippen molar-refractivity contribution in [2.24, 2.45) is 0 Å². The van der Waals surface area contributed by atoms with Crippen LogP contribution in [-0.4, -0.2) is 94.2 Å². The third-order valence-electron chi connectivity index (χ3n) is 7.91. The number of Topliss-reactive ketones (excluding diaryl/α,β-unsaturated/α-hetero) is 1. The number of amides is 1. The van der Waals surface area contributed by atoms with E-state index in [1.165, 1.54) is 31.4 Å². The Morgan fingerprint density at radius 1 is 0.558 bits per heavy atom. The summed E-state index contributed by atoms with van der Waals surface area (Å²) in [4.78, 5) is 24.9. The molecule has 302 valence electrons. The molecule has 0 unspecified atom stereocenters. The Bertz CT molecular complexity index is 1450. The summed E-state index contributed by atoms with van der Waals surface area (Å²) < 4.78 is 111. The molecule has 15 nitrogen and oxygen atoms in total. The quantitative estimate of drug-likeness (QED) is 0.0484. The molecule has 0 atom stereocenters. The number of rotatable bonds is 33. The lowest BCUT2D eigenvalue weighted by Gasteiger charge is -2.19. The molecule has 18 heteroatoms. The van der Waals surface area contributed by atoms with E-state index in [1.54, 1.807) is 0 Å². The molecule has 0 bridgehead atoms. The minimum absolute atomic E-state index is 0.0582. The maximum atomic E-state index is 13.1. The first kappa shape index (κ1) is 47.5. The highest BCUT2D eigenvalue weighted by molar-refractivity contribution is 7.86. The molecule has 0 radical (unpaired) electrons.